The van der Waals surface area contributed by atoms with Crippen LogP contribution in [0.25, 0.3) is 22.1 Å². The lowest BCUT2D eigenvalue weighted by molar-refractivity contribution is -0.384. The molecule has 0 spiro atoms. The van der Waals surface area contributed by atoms with E-state index in [1.54, 1.807) is 24.3 Å². The van der Waals surface area contributed by atoms with Crippen molar-refractivity contribution in [3.8, 4) is 0 Å². The average Bonchev–Trinajstić information content (AvgIpc) is 3.86. The van der Waals surface area contributed by atoms with Gasteiger partial charge in [-0.2, -0.15) is 0 Å². The summed E-state index contributed by atoms with van der Waals surface area (Å²) >= 11 is 0. The van der Waals surface area contributed by atoms with Gasteiger partial charge in [0, 0.05) is 49.6 Å². The molecule has 6 aromatic rings. The maximum absolute atomic E-state index is 12.8. The molecule has 0 amide bonds. The Kier molecular flexibility index (Phi) is 12.1. The van der Waals surface area contributed by atoms with E-state index in [9.17, 15) is 33.8 Å². The first-order chi connectivity index (χ1) is 23.1. The summed E-state index contributed by atoms with van der Waals surface area (Å²) in [6.07, 6.45) is 3.24. The predicted octanol–water partition coefficient (Wildman–Crippen LogP) is 6.71. The van der Waals surface area contributed by atoms with Crippen LogP contribution < -0.4 is 11.1 Å². The summed E-state index contributed by atoms with van der Waals surface area (Å²) in [4.78, 5) is 44.1. The summed E-state index contributed by atoms with van der Waals surface area (Å²) < 4.78 is 29.9. The van der Waals surface area contributed by atoms with Gasteiger partial charge < -0.3 is 25.8 Å². The van der Waals surface area contributed by atoms with Crippen LogP contribution in [0.3, 0.4) is 0 Å². The molecule has 0 bridgehead atoms. The molecule has 0 saturated carbocycles. The van der Waals surface area contributed by atoms with Crippen LogP contribution in [0.1, 0.15) is 28.8 Å². The fourth-order valence-corrected chi connectivity index (χ4v) is 4.17. The third-order valence-corrected chi connectivity index (χ3v) is 6.58. The molecule has 48 heavy (non-hydrogen) atoms. The second kappa shape index (κ2) is 16.9. The van der Waals surface area contributed by atoms with Crippen molar-refractivity contribution in [3.63, 3.8) is 0 Å². The summed E-state index contributed by atoms with van der Waals surface area (Å²) in [6.45, 7) is 2.47. The molecule has 1 aliphatic rings. The quantitative estimate of drug-likeness (QED) is 0.0843. The summed E-state index contributed by atoms with van der Waals surface area (Å²) in [6, 6.07) is 20.3. The van der Waals surface area contributed by atoms with Crippen molar-refractivity contribution in [2.24, 2.45) is 0 Å². The standard InChI is InChI=1S/C14H11FN4O2.C7H5FO.C7H6N4O2.C4H8O/c15-10-3-1-9(2-4-10)8-16-14-17-12-6-5-11(19(20)21)7-13(12)18-14;8-7-3-1-6(5-9)2-4-7;8-7-9-5-2-1-4(11(12)13)3-6(5)10-7;1-2-4-5-3-1/h1-7H,8H2,(H2,16,17,18);1-5H;1-3H,(H3,8,9,10);1-4H2. The van der Waals surface area contributed by atoms with Crippen molar-refractivity contribution in [1.82, 2.24) is 19.9 Å². The van der Waals surface area contributed by atoms with Gasteiger partial charge in [-0.05, 0) is 66.9 Å². The van der Waals surface area contributed by atoms with Gasteiger partial charge in [0.25, 0.3) is 11.4 Å². The van der Waals surface area contributed by atoms with Gasteiger partial charge in [0.2, 0.25) is 5.95 Å². The first-order valence-electron chi connectivity index (χ1n) is 14.4. The number of benzene rings is 4. The van der Waals surface area contributed by atoms with E-state index in [1.807, 2.05) is 0 Å². The summed E-state index contributed by atoms with van der Waals surface area (Å²) in [7, 11) is 0. The van der Waals surface area contributed by atoms with Crippen molar-refractivity contribution >= 4 is 51.6 Å². The van der Waals surface area contributed by atoms with Gasteiger partial charge in [0.1, 0.15) is 17.9 Å². The van der Waals surface area contributed by atoms with Crippen molar-refractivity contribution in [2.45, 2.75) is 19.4 Å². The Balaban J connectivity index is 0.000000163. The number of carbonyl (C=O) groups is 1. The van der Waals surface area contributed by atoms with E-state index in [2.05, 4.69) is 25.3 Å². The molecule has 1 fully saturated rings. The second-order valence-corrected chi connectivity index (χ2v) is 10.1. The molecule has 4 aromatic carbocycles. The minimum atomic E-state index is -0.462. The highest BCUT2D eigenvalue weighted by Crippen LogP contribution is 2.21. The largest absolute Gasteiger partial charge is 0.381 e. The molecule has 0 aliphatic carbocycles. The molecule has 248 valence electrons. The molecule has 2 aromatic heterocycles. The molecule has 5 N–H and O–H groups in total. The summed E-state index contributed by atoms with van der Waals surface area (Å²) in [5.41, 5.74) is 9.25. The number of H-pyrrole nitrogens is 2. The van der Waals surface area contributed by atoms with Gasteiger partial charge in [0.05, 0.1) is 31.9 Å². The van der Waals surface area contributed by atoms with Crippen LogP contribution in [-0.2, 0) is 11.3 Å². The molecule has 1 saturated heterocycles. The second-order valence-electron chi connectivity index (χ2n) is 10.1. The molecule has 0 unspecified atom stereocenters. The van der Waals surface area contributed by atoms with Gasteiger partial charge in [-0.3, -0.25) is 25.0 Å². The van der Waals surface area contributed by atoms with E-state index in [4.69, 9.17) is 10.5 Å². The summed E-state index contributed by atoms with van der Waals surface area (Å²) in [5, 5.41) is 24.2. The smallest absolute Gasteiger partial charge is 0.271 e. The number of hydrogen-bond donors (Lipinski definition) is 4. The van der Waals surface area contributed by atoms with Crippen LogP contribution in [0, 0.1) is 31.9 Å². The first-order valence-corrected chi connectivity index (χ1v) is 14.4. The molecule has 3 heterocycles. The Bertz CT molecular complexity index is 1970. The third kappa shape index (κ3) is 10.4. The minimum absolute atomic E-state index is 0.0104. The fraction of sp³-hybridized carbons (Fsp3) is 0.156. The average molecular weight is 661 g/mol. The van der Waals surface area contributed by atoms with Crippen molar-refractivity contribution in [3.05, 3.63) is 128 Å². The van der Waals surface area contributed by atoms with E-state index in [-0.39, 0.29) is 29.0 Å². The first kappa shape index (κ1) is 34.6. The van der Waals surface area contributed by atoms with Crippen LogP contribution in [0.2, 0.25) is 0 Å². The number of non-ortho nitro benzene ring substituents is 2. The Morgan fingerprint density at radius 3 is 1.81 bits per heavy atom. The zero-order valence-corrected chi connectivity index (χ0v) is 25.3. The van der Waals surface area contributed by atoms with Crippen molar-refractivity contribution in [2.75, 3.05) is 24.3 Å². The number of nitrogens with one attached hydrogen (secondary N) is 3. The van der Waals surface area contributed by atoms with E-state index >= 15 is 0 Å². The third-order valence-electron chi connectivity index (χ3n) is 6.58. The highest BCUT2D eigenvalue weighted by atomic mass is 19.1. The highest BCUT2D eigenvalue weighted by molar-refractivity contribution is 5.80. The number of carbonyl (C=O) groups excluding carboxylic acids is 1. The maximum Gasteiger partial charge on any atom is 0.271 e. The SMILES string of the molecule is C1CCOC1.Nc1nc2ccc([N+](=O)[O-])cc2[nH]1.O=Cc1ccc(F)cc1.O=[N+]([O-])c1ccc2nc(NCc3ccc(F)cc3)[nH]c2c1. The van der Waals surface area contributed by atoms with Crippen LogP contribution in [0.4, 0.5) is 32.1 Å². The molecular weight excluding hydrogens is 630 g/mol. The number of imidazole rings is 2. The number of ether oxygens (including phenoxy) is 1. The molecule has 7 rings (SSSR count). The molecule has 0 radical (unpaired) electrons. The number of rotatable bonds is 6. The van der Waals surface area contributed by atoms with Gasteiger partial charge in [-0.1, -0.05) is 12.1 Å². The number of hydrogen-bond acceptors (Lipinski definition) is 10. The number of aromatic nitrogens is 4. The van der Waals surface area contributed by atoms with Crippen LogP contribution in [-0.4, -0.2) is 49.3 Å². The minimum Gasteiger partial charge on any atom is -0.381 e. The number of nitro groups is 2. The number of anilines is 2. The Morgan fingerprint density at radius 2 is 1.31 bits per heavy atom. The molecular formula is C32H30F2N8O6. The lowest BCUT2D eigenvalue weighted by Crippen LogP contribution is -2.00. The Hall–Kier alpha value is -6.29. The normalized spacial score (nSPS) is 11.7. The highest BCUT2D eigenvalue weighted by Gasteiger charge is 2.10. The number of aromatic amines is 2. The van der Waals surface area contributed by atoms with Crippen LogP contribution in [0.5, 0.6) is 0 Å². The molecule has 0 atom stereocenters. The number of nitrogens with zero attached hydrogens (tertiary/aromatic N) is 4. The monoisotopic (exact) mass is 660 g/mol. The topological polar surface area (TPSA) is 208 Å². The van der Waals surface area contributed by atoms with Gasteiger partial charge in [-0.15, -0.1) is 0 Å². The van der Waals surface area contributed by atoms with Gasteiger partial charge in [-0.25, -0.2) is 18.7 Å². The zero-order chi connectivity index (χ0) is 34.5. The van der Waals surface area contributed by atoms with E-state index in [0.29, 0.717) is 46.4 Å². The summed E-state index contributed by atoms with van der Waals surface area (Å²) in [5.74, 6) is 0.167. The maximum atomic E-state index is 12.8. The molecule has 1 aliphatic heterocycles. The lowest BCUT2D eigenvalue weighted by Gasteiger charge is -2.02. The van der Waals surface area contributed by atoms with E-state index in [1.165, 1.54) is 73.5 Å². The number of nitrogen functional groups attached to an aromatic ring is 1. The molecule has 16 heteroatoms. The number of aldehydes is 1. The van der Waals surface area contributed by atoms with Gasteiger partial charge in [0.15, 0.2) is 5.95 Å². The lowest BCUT2D eigenvalue weighted by atomic mass is 10.2. The van der Waals surface area contributed by atoms with E-state index < -0.39 is 9.85 Å². The number of nitro benzene ring substituents is 2. The zero-order valence-electron chi connectivity index (χ0n) is 25.3. The van der Waals surface area contributed by atoms with Crippen molar-refractivity contribution in [1.29, 1.82) is 0 Å². The number of halogens is 2. The predicted molar refractivity (Wildman–Crippen MR) is 175 cm³/mol. The Morgan fingerprint density at radius 1 is 0.792 bits per heavy atom. The van der Waals surface area contributed by atoms with Crippen LogP contribution in [0.15, 0.2) is 84.9 Å². The molecule has 14 nitrogen and oxygen atoms in total. The van der Waals surface area contributed by atoms with Crippen LogP contribution >= 0.6 is 0 Å². The van der Waals surface area contributed by atoms with Crippen molar-refractivity contribution < 1.29 is 28.2 Å². The van der Waals surface area contributed by atoms with E-state index in [0.717, 1.165) is 18.8 Å². The fourth-order valence-electron chi connectivity index (χ4n) is 4.17. The Labute approximate surface area is 271 Å². The number of fused-ring (bicyclic) bond motifs is 2. The number of nitrogens with two attached hydrogens (primary N) is 1. The van der Waals surface area contributed by atoms with Gasteiger partial charge >= 0.3 is 0 Å².